The van der Waals surface area contributed by atoms with Gasteiger partial charge in [0.2, 0.25) is 11.6 Å². The van der Waals surface area contributed by atoms with Crippen LogP contribution in [-0.4, -0.2) is 28.8 Å². The zero-order valence-electron chi connectivity index (χ0n) is 9.88. The Balaban J connectivity index is 2.70. The first-order valence-electron chi connectivity index (χ1n) is 5.19. The highest BCUT2D eigenvalue weighted by atomic mass is 16.5. The Kier molecular flexibility index (Phi) is 2.63. The van der Waals surface area contributed by atoms with E-state index in [1.807, 2.05) is 0 Å². The van der Waals surface area contributed by atoms with E-state index in [1.54, 1.807) is 13.8 Å². The van der Waals surface area contributed by atoms with Crippen molar-refractivity contribution in [1.82, 2.24) is 4.98 Å². The Morgan fingerprint density at radius 1 is 1.24 bits per heavy atom. The fourth-order valence-corrected chi connectivity index (χ4v) is 2.08. The number of fused-ring (bicyclic) bond motifs is 1. The van der Waals surface area contributed by atoms with E-state index in [-0.39, 0.29) is 35.2 Å². The molecular formula is C12H13NO4. The lowest BCUT2D eigenvalue weighted by atomic mass is 9.92. The highest BCUT2D eigenvalue weighted by Gasteiger charge is 2.34. The van der Waals surface area contributed by atoms with E-state index < -0.39 is 0 Å². The normalized spacial score (nSPS) is 15.3. The molecule has 0 saturated heterocycles. The van der Waals surface area contributed by atoms with Crippen LogP contribution < -0.4 is 0 Å². The Morgan fingerprint density at radius 2 is 1.88 bits per heavy atom. The molecule has 0 atom stereocenters. The zero-order chi connectivity index (χ0) is 12.7. The van der Waals surface area contributed by atoms with Gasteiger partial charge in [-0.3, -0.25) is 9.59 Å². The molecule has 0 amide bonds. The second-order valence-electron chi connectivity index (χ2n) is 3.95. The van der Waals surface area contributed by atoms with Gasteiger partial charge in [-0.1, -0.05) is 0 Å². The van der Waals surface area contributed by atoms with Crippen molar-refractivity contribution in [3.63, 3.8) is 0 Å². The second kappa shape index (κ2) is 3.85. The van der Waals surface area contributed by atoms with Crippen molar-refractivity contribution in [2.24, 2.45) is 0 Å². The number of aromatic nitrogens is 1. The molecule has 1 aliphatic carbocycles. The molecule has 2 N–H and O–H groups in total. The van der Waals surface area contributed by atoms with E-state index in [0.29, 0.717) is 16.8 Å². The summed E-state index contributed by atoms with van der Waals surface area (Å²) < 4.78 is 4.97. The summed E-state index contributed by atoms with van der Waals surface area (Å²) in [6.07, 6.45) is 0. The van der Waals surface area contributed by atoms with Gasteiger partial charge in [0.1, 0.15) is 0 Å². The molecule has 1 aromatic rings. The lowest BCUT2D eigenvalue weighted by molar-refractivity contribution is 0.0904. The van der Waals surface area contributed by atoms with Gasteiger partial charge in [0.05, 0.1) is 25.0 Å². The van der Waals surface area contributed by atoms with Crippen LogP contribution in [0.1, 0.15) is 39.0 Å². The quantitative estimate of drug-likeness (QED) is 0.804. The van der Waals surface area contributed by atoms with Gasteiger partial charge in [-0.25, -0.2) is 0 Å². The van der Waals surface area contributed by atoms with Crippen molar-refractivity contribution in [2.75, 3.05) is 7.11 Å². The molecule has 90 valence electrons. The van der Waals surface area contributed by atoms with Crippen molar-refractivity contribution < 1.29 is 19.4 Å². The maximum atomic E-state index is 12.1. The van der Waals surface area contributed by atoms with Crippen LogP contribution in [0.25, 0.3) is 0 Å². The largest absolute Gasteiger partial charge is 0.492 e. The van der Waals surface area contributed by atoms with Crippen LogP contribution in [0, 0.1) is 6.92 Å². The summed E-state index contributed by atoms with van der Waals surface area (Å²) in [6, 6.07) is 0. The molecule has 0 aromatic carbocycles. The number of aromatic amines is 1. The van der Waals surface area contributed by atoms with Gasteiger partial charge in [-0.05, 0) is 19.4 Å². The van der Waals surface area contributed by atoms with Crippen LogP contribution in [0.3, 0.4) is 0 Å². The van der Waals surface area contributed by atoms with Gasteiger partial charge in [0, 0.05) is 11.3 Å². The molecule has 1 aromatic heterocycles. The lowest BCUT2D eigenvalue weighted by Gasteiger charge is -2.15. The Bertz CT molecular complexity index is 551. The predicted molar refractivity (Wildman–Crippen MR) is 59.8 cm³/mol. The number of H-pyrrole nitrogens is 1. The maximum Gasteiger partial charge on any atom is 0.230 e. The minimum atomic E-state index is -0.312. The highest BCUT2D eigenvalue weighted by molar-refractivity contribution is 6.26. The Labute approximate surface area is 98.1 Å². The number of allylic oxidation sites excluding steroid dienone is 2. The molecule has 0 radical (unpaired) electrons. The zero-order valence-corrected chi connectivity index (χ0v) is 9.88. The van der Waals surface area contributed by atoms with Gasteiger partial charge in [-0.2, -0.15) is 0 Å². The molecule has 5 nitrogen and oxygen atoms in total. The number of ketones is 2. The van der Waals surface area contributed by atoms with Crippen LogP contribution in [-0.2, 0) is 11.3 Å². The molecule has 1 aliphatic rings. The number of hydrogen-bond donors (Lipinski definition) is 2. The number of carbonyl (C=O) groups is 2. The minimum absolute atomic E-state index is 0.0779. The number of rotatable bonds is 2. The van der Waals surface area contributed by atoms with E-state index in [1.165, 1.54) is 7.11 Å². The molecule has 0 fully saturated rings. The van der Waals surface area contributed by atoms with E-state index in [2.05, 4.69) is 4.98 Å². The lowest BCUT2D eigenvalue weighted by Crippen LogP contribution is -2.21. The molecule has 1 heterocycles. The summed E-state index contributed by atoms with van der Waals surface area (Å²) >= 11 is 0. The first-order chi connectivity index (χ1) is 8.02. The van der Waals surface area contributed by atoms with Gasteiger partial charge in [0.15, 0.2) is 5.76 Å². The number of Topliss-reactive ketones (excluding diaryl/α,β-unsaturated/α-hetero) is 2. The molecule has 0 spiro atoms. The first-order valence-corrected chi connectivity index (χ1v) is 5.19. The van der Waals surface area contributed by atoms with Gasteiger partial charge >= 0.3 is 0 Å². The van der Waals surface area contributed by atoms with Crippen molar-refractivity contribution >= 4 is 11.6 Å². The van der Waals surface area contributed by atoms with Crippen LogP contribution in [0.15, 0.2) is 11.3 Å². The maximum absolute atomic E-state index is 12.1. The topological polar surface area (TPSA) is 79.4 Å². The standard InChI is InChI=1S/C12H13NO4/c1-5-7(4-14)13-9-8(5)11(16)12(17-3)6(2)10(9)15/h13-14H,4H2,1-3H3. The van der Waals surface area contributed by atoms with Crippen molar-refractivity contribution in [1.29, 1.82) is 0 Å². The fourth-order valence-electron chi connectivity index (χ4n) is 2.08. The second-order valence-corrected chi connectivity index (χ2v) is 3.95. The third kappa shape index (κ3) is 1.43. The summed E-state index contributed by atoms with van der Waals surface area (Å²) in [6.45, 7) is 3.01. The highest BCUT2D eigenvalue weighted by Crippen LogP contribution is 2.30. The number of hydrogen-bond acceptors (Lipinski definition) is 4. The van der Waals surface area contributed by atoms with Crippen molar-refractivity contribution in [3.05, 3.63) is 33.8 Å². The summed E-state index contributed by atoms with van der Waals surface area (Å²) in [5, 5.41) is 9.13. The molecule has 2 rings (SSSR count). The van der Waals surface area contributed by atoms with Gasteiger partial charge in [-0.15, -0.1) is 0 Å². The SMILES string of the molecule is COC1=C(C)C(=O)c2[nH]c(CO)c(C)c2C1=O. The van der Waals surface area contributed by atoms with Crippen LogP contribution in [0.4, 0.5) is 0 Å². The monoisotopic (exact) mass is 235 g/mol. The number of aliphatic hydroxyl groups is 1. The van der Waals surface area contributed by atoms with Crippen LogP contribution in [0.2, 0.25) is 0 Å². The van der Waals surface area contributed by atoms with Crippen LogP contribution in [0.5, 0.6) is 0 Å². The van der Waals surface area contributed by atoms with E-state index >= 15 is 0 Å². The summed E-state index contributed by atoms with van der Waals surface area (Å²) in [5.41, 5.74) is 1.93. The molecule has 17 heavy (non-hydrogen) atoms. The first kappa shape index (κ1) is 11.6. The molecule has 0 aliphatic heterocycles. The molecule has 0 bridgehead atoms. The predicted octanol–water partition coefficient (Wildman–Crippen LogP) is 1.11. The average molecular weight is 235 g/mol. The van der Waals surface area contributed by atoms with Crippen LogP contribution >= 0.6 is 0 Å². The molecular weight excluding hydrogens is 222 g/mol. The third-order valence-electron chi connectivity index (χ3n) is 3.06. The summed E-state index contributed by atoms with van der Waals surface area (Å²) in [5.74, 6) is -0.499. The smallest absolute Gasteiger partial charge is 0.230 e. The van der Waals surface area contributed by atoms with E-state index in [0.717, 1.165) is 0 Å². The number of nitrogens with one attached hydrogen (secondary N) is 1. The number of ether oxygens (including phenoxy) is 1. The summed E-state index contributed by atoms with van der Waals surface area (Å²) in [7, 11) is 1.37. The third-order valence-corrected chi connectivity index (χ3v) is 3.06. The Hall–Kier alpha value is -1.88. The molecule has 5 heteroatoms. The molecule has 0 saturated carbocycles. The Morgan fingerprint density at radius 3 is 2.41 bits per heavy atom. The van der Waals surface area contributed by atoms with E-state index in [9.17, 15) is 9.59 Å². The number of carbonyl (C=O) groups excluding carboxylic acids is 2. The van der Waals surface area contributed by atoms with Gasteiger partial charge in [0.25, 0.3) is 0 Å². The number of methoxy groups -OCH3 is 1. The summed E-state index contributed by atoms with van der Waals surface area (Å²) in [4.78, 5) is 26.9. The van der Waals surface area contributed by atoms with E-state index in [4.69, 9.17) is 9.84 Å². The average Bonchev–Trinajstić information content (AvgIpc) is 2.64. The fraction of sp³-hybridized carbons (Fsp3) is 0.333. The van der Waals surface area contributed by atoms with Crippen molar-refractivity contribution in [2.45, 2.75) is 20.5 Å². The van der Waals surface area contributed by atoms with Crippen molar-refractivity contribution in [3.8, 4) is 0 Å². The number of aliphatic hydroxyl groups excluding tert-OH is 1. The van der Waals surface area contributed by atoms with Gasteiger partial charge < -0.3 is 14.8 Å². The molecule has 0 unspecified atom stereocenters. The minimum Gasteiger partial charge on any atom is -0.492 e.